The summed E-state index contributed by atoms with van der Waals surface area (Å²) in [6.45, 7) is 3.31. The monoisotopic (exact) mass is 375 g/mol. The SMILES string of the molecule is O=C(NCC(c1ccccc1)N1CCCC1)c1cn(Cc2ccccc2)nn1. The van der Waals surface area contributed by atoms with Crippen molar-refractivity contribution in [1.82, 2.24) is 25.2 Å². The van der Waals surface area contributed by atoms with Gasteiger partial charge in [0, 0.05) is 6.54 Å². The normalized spacial score (nSPS) is 15.4. The van der Waals surface area contributed by atoms with E-state index in [1.165, 1.54) is 18.4 Å². The van der Waals surface area contributed by atoms with Crippen LogP contribution in [0.2, 0.25) is 0 Å². The molecular weight excluding hydrogens is 350 g/mol. The average Bonchev–Trinajstić information content (AvgIpc) is 3.42. The first-order valence-corrected chi connectivity index (χ1v) is 9.81. The summed E-state index contributed by atoms with van der Waals surface area (Å²) < 4.78 is 1.69. The number of likely N-dealkylation sites (tertiary alicyclic amines) is 1. The fourth-order valence-corrected chi connectivity index (χ4v) is 3.72. The lowest BCUT2D eigenvalue weighted by molar-refractivity contribution is 0.0933. The molecule has 4 rings (SSSR count). The quantitative estimate of drug-likeness (QED) is 0.690. The third-order valence-corrected chi connectivity index (χ3v) is 5.18. The van der Waals surface area contributed by atoms with Crippen molar-refractivity contribution >= 4 is 5.91 Å². The number of nitrogens with one attached hydrogen (secondary N) is 1. The summed E-state index contributed by atoms with van der Waals surface area (Å²) in [5.41, 5.74) is 2.71. The number of carbonyl (C=O) groups excluding carboxylic acids is 1. The van der Waals surface area contributed by atoms with Crippen molar-refractivity contribution in [3.05, 3.63) is 83.7 Å². The number of hydrogen-bond acceptors (Lipinski definition) is 4. The lowest BCUT2D eigenvalue weighted by atomic mass is 10.1. The second-order valence-corrected chi connectivity index (χ2v) is 7.17. The van der Waals surface area contributed by atoms with Crippen LogP contribution >= 0.6 is 0 Å². The molecule has 0 saturated carbocycles. The van der Waals surface area contributed by atoms with Crippen molar-refractivity contribution in [3.63, 3.8) is 0 Å². The van der Waals surface area contributed by atoms with Crippen LogP contribution in [-0.4, -0.2) is 45.4 Å². The van der Waals surface area contributed by atoms with Crippen LogP contribution in [0.1, 0.15) is 40.5 Å². The van der Waals surface area contributed by atoms with E-state index in [0.29, 0.717) is 18.8 Å². The average molecular weight is 375 g/mol. The standard InChI is InChI=1S/C22H25N5O/c28-22(20-17-27(25-24-20)16-18-9-3-1-4-10-18)23-15-21(26-13-7-8-14-26)19-11-5-2-6-12-19/h1-6,9-12,17,21H,7-8,13-16H2,(H,23,28). The van der Waals surface area contributed by atoms with E-state index in [9.17, 15) is 4.79 Å². The van der Waals surface area contributed by atoms with Gasteiger partial charge in [-0.15, -0.1) is 5.10 Å². The van der Waals surface area contributed by atoms with Crippen molar-refractivity contribution in [3.8, 4) is 0 Å². The fourth-order valence-electron chi connectivity index (χ4n) is 3.72. The molecule has 6 nitrogen and oxygen atoms in total. The van der Waals surface area contributed by atoms with Crippen molar-refractivity contribution in [2.45, 2.75) is 25.4 Å². The van der Waals surface area contributed by atoms with Crippen LogP contribution in [0.5, 0.6) is 0 Å². The van der Waals surface area contributed by atoms with Gasteiger partial charge in [0.15, 0.2) is 5.69 Å². The molecule has 1 N–H and O–H groups in total. The van der Waals surface area contributed by atoms with Crippen molar-refractivity contribution in [2.75, 3.05) is 19.6 Å². The zero-order chi connectivity index (χ0) is 19.2. The molecule has 1 atom stereocenters. The summed E-state index contributed by atoms with van der Waals surface area (Å²) in [7, 11) is 0. The van der Waals surface area contributed by atoms with Crippen LogP contribution < -0.4 is 5.32 Å². The third kappa shape index (κ3) is 4.46. The molecule has 3 aromatic rings. The summed E-state index contributed by atoms with van der Waals surface area (Å²) in [6.07, 6.45) is 4.13. The summed E-state index contributed by atoms with van der Waals surface area (Å²) in [5.74, 6) is -0.181. The molecule has 0 radical (unpaired) electrons. The molecule has 0 spiro atoms. The first kappa shape index (κ1) is 18.4. The third-order valence-electron chi connectivity index (χ3n) is 5.18. The van der Waals surface area contributed by atoms with E-state index < -0.39 is 0 Å². The molecule has 0 bridgehead atoms. The highest BCUT2D eigenvalue weighted by molar-refractivity contribution is 5.91. The zero-order valence-corrected chi connectivity index (χ0v) is 15.9. The Morgan fingerprint density at radius 3 is 2.39 bits per heavy atom. The maximum Gasteiger partial charge on any atom is 0.273 e. The van der Waals surface area contributed by atoms with Gasteiger partial charge in [-0.05, 0) is 37.1 Å². The molecule has 2 aromatic carbocycles. The van der Waals surface area contributed by atoms with Gasteiger partial charge in [-0.25, -0.2) is 4.68 Å². The number of rotatable bonds is 7. The highest BCUT2D eigenvalue weighted by Gasteiger charge is 2.24. The molecular formula is C22H25N5O. The largest absolute Gasteiger partial charge is 0.349 e. The Labute approximate surface area is 165 Å². The van der Waals surface area contributed by atoms with Gasteiger partial charge >= 0.3 is 0 Å². The summed E-state index contributed by atoms with van der Waals surface area (Å²) in [4.78, 5) is 15.1. The Bertz CT molecular complexity index is 888. The number of nitrogens with zero attached hydrogens (tertiary/aromatic N) is 4. The first-order valence-electron chi connectivity index (χ1n) is 9.81. The minimum Gasteiger partial charge on any atom is -0.349 e. The van der Waals surface area contributed by atoms with Crippen LogP contribution in [0.15, 0.2) is 66.9 Å². The molecule has 1 aliphatic heterocycles. The highest BCUT2D eigenvalue weighted by atomic mass is 16.2. The summed E-state index contributed by atoms with van der Waals surface area (Å²) in [5, 5.41) is 11.2. The molecule has 1 aromatic heterocycles. The molecule has 1 fully saturated rings. The summed E-state index contributed by atoms with van der Waals surface area (Å²) in [6, 6.07) is 20.6. The molecule has 1 unspecified atom stereocenters. The van der Waals surface area contributed by atoms with Gasteiger partial charge in [0.05, 0.1) is 18.8 Å². The molecule has 144 valence electrons. The van der Waals surface area contributed by atoms with E-state index in [1.807, 2.05) is 36.4 Å². The summed E-state index contributed by atoms with van der Waals surface area (Å²) >= 11 is 0. The number of carbonyl (C=O) groups is 1. The molecule has 1 saturated heterocycles. The molecule has 28 heavy (non-hydrogen) atoms. The van der Waals surface area contributed by atoms with Gasteiger partial charge < -0.3 is 5.32 Å². The van der Waals surface area contributed by atoms with E-state index in [1.54, 1.807) is 10.9 Å². The smallest absolute Gasteiger partial charge is 0.273 e. The molecule has 2 heterocycles. The Morgan fingerprint density at radius 2 is 1.68 bits per heavy atom. The maximum atomic E-state index is 12.6. The molecule has 0 aliphatic carbocycles. The van der Waals surface area contributed by atoms with E-state index in [4.69, 9.17) is 0 Å². The Balaban J connectivity index is 1.40. The lowest BCUT2D eigenvalue weighted by Crippen LogP contribution is -2.36. The van der Waals surface area contributed by atoms with Gasteiger partial charge in [0.2, 0.25) is 0 Å². The van der Waals surface area contributed by atoms with E-state index in [2.05, 4.69) is 44.8 Å². The zero-order valence-electron chi connectivity index (χ0n) is 15.9. The molecule has 6 heteroatoms. The van der Waals surface area contributed by atoms with Gasteiger partial charge in [0.25, 0.3) is 5.91 Å². The van der Waals surface area contributed by atoms with Crippen LogP contribution in [0, 0.1) is 0 Å². The Morgan fingerprint density at radius 1 is 1.00 bits per heavy atom. The van der Waals surface area contributed by atoms with Crippen molar-refractivity contribution in [1.29, 1.82) is 0 Å². The van der Waals surface area contributed by atoms with Crippen molar-refractivity contribution < 1.29 is 4.79 Å². The van der Waals surface area contributed by atoms with Crippen molar-refractivity contribution in [2.24, 2.45) is 0 Å². The van der Waals surface area contributed by atoms with E-state index >= 15 is 0 Å². The van der Waals surface area contributed by atoms with E-state index in [0.717, 1.165) is 18.7 Å². The predicted octanol–water partition coefficient (Wildman–Crippen LogP) is 2.89. The minimum absolute atomic E-state index is 0.181. The second kappa shape index (κ2) is 8.80. The number of aromatic nitrogens is 3. The minimum atomic E-state index is -0.181. The van der Waals surface area contributed by atoms with E-state index in [-0.39, 0.29) is 11.9 Å². The lowest BCUT2D eigenvalue weighted by Gasteiger charge is -2.28. The van der Waals surface area contributed by atoms with Crippen LogP contribution in [0.4, 0.5) is 0 Å². The fraction of sp³-hybridized carbons (Fsp3) is 0.318. The predicted molar refractivity (Wildman–Crippen MR) is 108 cm³/mol. The number of hydrogen-bond donors (Lipinski definition) is 1. The Hall–Kier alpha value is -2.99. The first-order chi connectivity index (χ1) is 13.8. The van der Waals surface area contributed by atoms with Crippen LogP contribution in [-0.2, 0) is 6.54 Å². The topological polar surface area (TPSA) is 63.1 Å². The van der Waals surface area contributed by atoms with Gasteiger partial charge in [0.1, 0.15) is 0 Å². The highest BCUT2D eigenvalue weighted by Crippen LogP contribution is 2.24. The van der Waals surface area contributed by atoms with Crippen LogP contribution in [0.25, 0.3) is 0 Å². The Kier molecular flexibility index (Phi) is 5.77. The van der Waals surface area contributed by atoms with Gasteiger partial charge in [-0.2, -0.15) is 0 Å². The number of amides is 1. The second-order valence-electron chi connectivity index (χ2n) is 7.17. The number of benzene rings is 2. The molecule has 1 amide bonds. The van der Waals surface area contributed by atoms with Gasteiger partial charge in [-0.3, -0.25) is 9.69 Å². The molecule has 1 aliphatic rings. The van der Waals surface area contributed by atoms with Gasteiger partial charge in [-0.1, -0.05) is 65.9 Å². The van der Waals surface area contributed by atoms with Crippen LogP contribution in [0.3, 0.4) is 0 Å². The maximum absolute atomic E-state index is 12.6.